The Morgan fingerprint density at radius 1 is 1.46 bits per heavy atom. The molecule has 3 N–H and O–H groups in total. The number of pyridine rings is 1. The number of hydrogen-bond donors (Lipinski definition) is 2. The Morgan fingerprint density at radius 2 is 2.23 bits per heavy atom. The quantitative estimate of drug-likeness (QED) is 0.727. The Bertz CT molecular complexity index is 235. The molecule has 1 aromatic heterocycles. The first-order chi connectivity index (χ1) is 6.24. The summed E-state index contributed by atoms with van der Waals surface area (Å²) in [5.74, 6) is 0. The molecule has 2 unspecified atom stereocenters. The first-order valence-corrected chi connectivity index (χ1v) is 4.61. The van der Waals surface area contributed by atoms with Crippen molar-refractivity contribution in [3.8, 4) is 0 Å². The molecule has 1 heterocycles. The van der Waals surface area contributed by atoms with E-state index in [0.717, 1.165) is 5.69 Å². The van der Waals surface area contributed by atoms with Gasteiger partial charge in [0.15, 0.2) is 0 Å². The summed E-state index contributed by atoms with van der Waals surface area (Å²) in [4.78, 5) is 4.26. The maximum absolute atomic E-state index is 5.52. The Balaban J connectivity index is 2.53. The molecule has 0 saturated heterocycles. The van der Waals surface area contributed by atoms with E-state index >= 15 is 0 Å². The highest BCUT2D eigenvalue weighted by molar-refractivity contribution is 5.07. The number of nitrogens with two attached hydrogens (primary N) is 1. The minimum Gasteiger partial charge on any atom is -0.329 e. The molecule has 1 aromatic rings. The average molecular weight is 179 g/mol. The lowest BCUT2D eigenvalue weighted by Gasteiger charge is -2.17. The third-order valence-corrected chi connectivity index (χ3v) is 2.02. The Labute approximate surface area is 79.4 Å². The first-order valence-electron chi connectivity index (χ1n) is 4.61. The van der Waals surface area contributed by atoms with E-state index < -0.39 is 0 Å². The molecule has 2 atom stereocenters. The van der Waals surface area contributed by atoms with Crippen LogP contribution in [0.25, 0.3) is 0 Å². The normalized spacial score (nSPS) is 15.3. The van der Waals surface area contributed by atoms with Gasteiger partial charge in [0, 0.05) is 24.8 Å². The number of aromatic nitrogens is 1. The van der Waals surface area contributed by atoms with Gasteiger partial charge in [-0.1, -0.05) is 6.07 Å². The van der Waals surface area contributed by atoms with Gasteiger partial charge in [0.25, 0.3) is 0 Å². The van der Waals surface area contributed by atoms with Crippen LogP contribution in [0.3, 0.4) is 0 Å². The summed E-state index contributed by atoms with van der Waals surface area (Å²) < 4.78 is 0. The molecule has 0 fully saturated rings. The lowest BCUT2D eigenvalue weighted by molar-refractivity contribution is 0.478. The third-order valence-electron chi connectivity index (χ3n) is 2.02. The van der Waals surface area contributed by atoms with E-state index in [4.69, 9.17) is 5.73 Å². The van der Waals surface area contributed by atoms with E-state index in [-0.39, 0.29) is 6.04 Å². The zero-order valence-electron chi connectivity index (χ0n) is 8.20. The van der Waals surface area contributed by atoms with Crippen LogP contribution >= 0.6 is 0 Å². The minimum atomic E-state index is 0.264. The first kappa shape index (κ1) is 10.2. The molecule has 72 valence electrons. The fraction of sp³-hybridized carbons (Fsp3) is 0.500. The highest BCUT2D eigenvalue weighted by Gasteiger charge is 2.07. The molecule has 3 heteroatoms. The molecule has 0 aromatic carbocycles. The second kappa shape index (κ2) is 4.94. The van der Waals surface area contributed by atoms with Gasteiger partial charge >= 0.3 is 0 Å². The molecule has 1 rings (SSSR count). The molecule has 0 saturated carbocycles. The summed E-state index contributed by atoms with van der Waals surface area (Å²) in [6, 6.07) is 6.52. The molecule has 0 radical (unpaired) electrons. The van der Waals surface area contributed by atoms with Gasteiger partial charge < -0.3 is 11.1 Å². The highest BCUT2D eigenvalue weighted by atomic mass is 15.0. The van der Waals surface area contributed by atoms with Gasteiger partial charge in [-0.05, 0) is 26.0 Å². The Kier molecular flexibility index (Phi) is 3.86. The smallest absolute Gasteiger partial charge is 0.0570 e. The van der Waals surface area contributed by atoms with Gasteiger partial charge in [-0.25, -0.2) is 0 Å². The number of hydrogen-bond acceptors (Lipinski definition) is 3. The number of nitrogens with one attached hydrogen (secondary N) is 1. The van der Waals surface area contributed by atoms with Crippen LogP contribution in [-0.4, -0.2) is 17.6 Å². The second-order valence-electron chi connectivity index (χ2n) is 3.28. The molecule has 0 aliphatic heterocycles. The standard InChI is InChI=1S/C10H17N3/c1-8(7-11)13-9(2)10-5-3-4-6-12-10/h3-6,8-9,13H,7,11H2,1-2H3. The van der Waals surface area contributed by atoms with Gasteiger partial charge in [0.2, 0.25) is 0 Å². The molecule has 0 spiro atoms. The van der Waals surface area contributed by atoms with Crippen molar-refractivity contribution in [3.05, 3.63) is 30.1 Å². The summed E-state index contributed by atoms with van der Waals surface area (Å²) in [6.07, 6.45) is 1.81. The van der Waals surface area contributed by atoms with Crippen molar-refractivity contribution in [1.82, 2.24) is 10.3 Å². The van der Waals surface area contributed by atoms with Crippen LogP contribution in [0.4, 0.5) is 0 Å². The third kappa shape index (κ3) is 3.13. The van der Waals surface area contributed by atoms with Crippen molar-refractivity contribution in [3.63, 3.8) is 0 Å². The van der Waals surface area contributed by atoms with Gasteiger partial charge in [-0.15, -0.1) is 0 Å². The van der Waals surface area contributed by atoms with Crippen LogP contribution in [-0.2, 0) is 0 Å². The van der Waals surface area contributed by atoms with Crippen molar-refractivity contribution < 1.29 is 0 Å². The molecule has 13 heavy (non-hydrogen) atoms. The van der Waals surface area contributed by atoms with Gasteiger partial charge in [0.1, 0.15) is 0 Å². The van der Waals surface area contributed by atoms with E-state index in [1.54, 1.807) is 6.20 Å². The average Bonchev–Trinajstić information content (AvgIpc) is 2.19. The topological polar surface area (TPSA) is 50.9 Å². The van der Waals surface area contributed by atoms with Crippen LogP contribution < -0.4 is 11.1 Å². The van der Waals surface area contributed by atoms with Gasteiger partial charge in [-0.2, -0.15) is 0 Å². The van der Waals surface area contributed by atoms with Crippen LogP contribution in [0.2, 0.25) is 0 Å². The number of nitrogens with zero attached hydrogens (tertiary/aromatic N) is 1. The SMILES string of the molecule is CC(CN)NC(C)c1ccccn1. The largest absolute Gasteiger partial charge is 0.329 e. The molecular formula is C10H17N3. The summed E-state index contributed by atoms with van der Waals surface area (Å²) in [5, 5.41) is 3.36. The van der Waals surface area contributed by atoms with Crippen molar-refractivity contribution in [2.45, 2.75) is 25.9 Å². The summed E-state index contributed by atoms with van der Waals surface area (Å²) in [6.45, 7) is 4.81. The minimum absolute atomic E-state index is 0.264. The van der Waals surface area contributed by atoms with E-state index in [2.05, 4.69) is 24.1 Å². The molecule has 0 aliphatic carbocycles. The van der Waals surface area contributed by atoms with Crippen molar-refractivity contribution in [1.29, 1.82) is 0 Å². The Morgan fingerprint density at radius 3 is 2.77 bits per heavy atom. The van der Waals surface area contributed by atoms with Gasteiger partial charge in [-0.3, -0.25) is 4.98 Å². The summed E-state index contributed by atoms with van der Waals surface area (Å²) >= 11 is 0. The van der Waals surface area contributed by atoms with Crippen LogP contribution in [0, 0.1) is 0 Å². The molecule has 0 amide bonds. The molecule has 0 bridgehead atoms. The maximum atomic E-state index is 5.52. The predicted molar refractivity (Wildman–Crippen MR) is 54.3 cm³/mol. The lowest BCUT2D eigenvalue weighted by Crippen LogP contribution is -2.35. The molecule has 3 nitrogen and oxygen atoms in total. The van der Waals surface area contributed by atoms with Crippen LogP contribution in [0.15, 0.2) is 24.4 Å². The second-order valence-corrected chi connectivity index (χ2v) is 3.28. The summed E-state index contributed by atoms with van der Waals surface area (Å²) in [7, 11) is 0. The lowest BCUT2D eigenvalue weighted by atomic mass is 10.2. The van der Waals surface area contributed by atoms with Crippen molar-refractivity contribution >= 4 is 0 Å². The van der Waals surface area contributed by atoms with E-state index in [0.29, 0.717) is 12.6 Å². The van der Waals surface area contributed by atoms with Crippen LogP contribution in [0.1, 0.15) is 25.6 Å². The number of rotatable bonds is 4. The van der Waals surface area contributed by atoms with Gasteiger partial charge in [0.05, 0.1) is 5.69 Å². The van der Waals surface area contributed by atoms with Crippen molar-refractivity contribution in [2.75, 3.05) is 6.54 Å². The monoisotopic (exact) mass is 179 g/mol. The van der Waals surface area contributed by atoms with E-state index in [1.165, 1.54) is 0 Å². The van der Waals surface area contributed by atoms with Crippen LogP contribution in [0.5, 0.6) is 0 Å². The zero-order chi connectivity index (χ0) is 9.68. The van der Waals surface area contributed by atoms with E-state index in [9.17, 15) is 0 Å². The fourth-order valence-corrected chi connectivity index (χ4v) is 1.21. The predicted octanol–water partition coefficient (Wildman–Crippen LogP) is 1.08. The zero-order valence-corrected chi connectivity index (χ0v) is 8.20. The highest BCUT2D eigenvalue weighted by Crippen LogP contribution is 2.08. The fourth-order valence-electron chi connectivity index (χ4n) is 1.21. The van der Waals surface area contributed by atoms with E-state index in [1.807, 2.05) is 18.2 Å². The molecule has 0 aliphatic rings. The van der Waals surface area contributed by atoms with Crippen molar-refractivity contribution in [2.24, 2.45) is 5.73 Å². The maximum Gasteiger partial charge on any atom is 0.0570 e. The molecular weight excluding hydrogens is 162 g/mol. The summed E-state index contributed by atoms with van der Waals surface area (Å²) in [5.41, 5.74) is 6.57. The Hall–Kier alpha value is -0.930.